The van der Waals surface area contributed by atoms with Crippen molar-refractivity contribution in [2.45, 2.75) is 13.5 Å². The largest absolute Gasteiger partial charge is 0.353 e. The SMILES string of the molecule is Cc1nn(Cc2ccc(Cl)cc2Cl)c2sc(C(=O)N3CCN(c4ccccn4)CC3)cc12. The van der Waals surface area contributed by atoms with Crippen LogP contribution in [0.15, 0.2) is 48.7 Å². The first-order chi connectivity index (χ1) is 15.5. The molecule has 6 nitrogen and oxygen atoms in total. The first-order valence-corrected chi connectivity index (χ1v) is 11.9. The van der Waals surface area contributed by atoms with Gasteiger partial charge >= 0.3 is 0 Å². The van der Waals surface area contributed by atoms with E-state index in [2.05, 4.69) is 15.0 Å². The van der Waals surface area contributed by atoms with Gasteiger partial charge in [0.25, 0.3) is 5.91 Å². The molecule has 32 heavy (non-hydrogen) atoms. The van der Waals surface area contributed by atoms with Gasteiger partial charge in [0.1, 0.15) is 10.6 Å². The minimum absolute atomic E-state index is 0.0716. The lowest BCUT2D eigenvalue weighted by atomic mass is 10.2. The molecule has 5 rings (SSSR count). The fraction of sp³-hybridized carbons (Fsp3) is 0.261. The Hall–Kier alpha value is -2.61. The number of amides is 1. The summed E-state index contributed by atoms with van der Waals surface area (Å²) in [6.07, 6.45) is 1.80. The summed E-state index contributed by atoms with van der Waals surface area (Å²) >= 11 is 13.9. The second kappa shape index (κ2) is 8.73. The van der Waals surface area contributed by atoms with Gasteiger partial charge in [-0.1, -0.05) is 35.3 Å². The van der Waals surface area contributed by atoms with Gasteiger partial charge in [0.15, 0.2) is 0 Å². The van der Waals surface area contributed by atoms with Gasteiger partial charge in [-0.2, -0.15) is 5.10 Å². The highest BCUT2D eigenvalue weighted by Gasteiger charge is 2.25. The number of rotatable bonds is 4. The standard InChI is InChI=1S/C23H21Cl2N5OS/c1-15-18-13-20(22(31)29-10-8-28(9-11-29)21-4-2-3-7-26-21)32-23(18)30(27-15)14-16-5-6-17(24)12-19(16)25/h2-7,12-13H,8-11,14H2,1H3. The van der Waals surface area contributed by atoms with Crippen LogP contribution in [-0.2, 0) is 6.54 Å². The molecule has 9 heteroatoms. The fourth-order valence-corrected chi connectivity index (χ4v) is 5.57. The maximum Gasteiger partial charge on any atom is 0.264 e. The van der Waals surface area contributed by atoms with Crippen LogP contribution in [0.3, 0.4) is 0 Å². The molecule has 4 heterocycles. The minimum atomic E-state index is 0.0716. The van der Waals surface area contributed by atoms with Crippen molar-refractivity contribution in [1.82, 2.24) is 19.7 Å². The van der Waals surface area contributed by atoms with Crippen molar-refractivity contribution in [2.24, 2.45) is 0 Å². The van der Waals surface area contributed by atoms with Crippen LogP contribution in [0.2, 0.25) is 10.0 Å². The monoisotopic (exact) mass is 485 g/mol. The Balaban J connectivity index is 1.34. The number of aryl methyl sites for hydroxylation is 1. The number of pyridine rings is 1. The summed E-state index contributed by atoms with van der Waals surface area (Å²) in [7, 11) is 0. The summed E-state index contributed by atoms with van der Waals surface area (Å²) in [5.74, 6) is 1.03. The zero-order valence-electron chi connectivity index (χ0n) is 17.5. The second-order valence-electron chi connectivity index (χ2n) is 7.78. The zero-order chi connectivity index (χ0) is 22.2. The summed E-state index contributed by atoms with van der Waals surface area (Å²) in [4.78, 5) is 23.5. The second-order valence-corrected chi connectivity index (χ2v) is 9.65. The van der Waals surface area contributed by atoms with Crippen LogP contribution in [0, 0.1) is 6.92 Å². The van der Waals surface area contributed by atoms with Crippen molar-refractivity contribution in [3.63, 3.8) is 0 Å². The molecule has 0 spiro atoms. The van der Waals surface area contributed by atoms with E-state index < -0.39 is 0 Å². The molecule has 1 amide bonds. The van der Waals surface area contributed by atoms with E-state index in [4.69, 9.17) is 23.2 Å². The summed E-state index contributed by atoms with van der Waals surface area (Å²) in [5.41, 5.74) is 1.84. The lowest BCUT2D eigenvalue weighted by Gasteiger charge is -2.35. The minimum Gasteiger partial charge on any atom is -0.353 e. The van der Waals surface area contributed by atoms with Gasteiger partial charge < -0.3 is 9.80 Å². The van der Waals surface area contributed by atoms with Crippen molar-refractivity contribution < 1.29 is 4.79 Å². The van der Waals surface area contributed by atoms with Crippen molar-refractivity contribution in [3.8, 4) is 0 Å². The smallest absolute Gasteiger partial charge is 0.264 e. The first-order valence-electron chi connectivity index (χ1n) is 10.4. The number of hydrogen-bond donors (Lipinski definition) is 0. The molecule has 0 unspecified atom stereocenters. The molecule has 0 aliphatic carbocycles. The average Bonchev–Trinajstić information content (AvgIpc) is 3.37. The van der Waals surface area contributed by atoms with Gasteiger partial charge in [0.2, 0.25) is 0 Å². The molecular weight excluding hydrogens is 465 g/mol. The van der Waals surface area contributed by atoms with Crippen LogP contribution in [0.25, 0.3) is 10.2 Å². The van der Waals surface area contributed by atoms with Crippen LogP contribution in [0.5, 0.6) is 0 Å². The Kier molecular flexibility index (Phi) is 5.80. The van der Waals surface area contributed by atoms with Crippen LogP contribution in [-0.4, -0.2) is 51.8 Å². The third kappa shape index (κ3) is 4.08. The third-order valence-electron chi connectivity index (χ3n) is 5.69. The molecule has 0 bridgehead atoms. The van der Waals surface area contributed by atoms with Gasteiger partial charge in [-0.25, -0.2) is 4.98 Å². The molecule has 0 atom stereocenters. The summed E-state index contributed by atoms with van der Waals surface area (Å²) in [6.45, 7) is 5.39. The molecule has 0 radical (unpaired) electrons. The quantitative estimate of drug-likeness (QED) is 0.402. The number of thiophene rings is 1. The van der Waals surface area contributed by atoms with E-state index in [0.29, 0.717) is 29.7 Å². The lowest BCUT2D eigenvalue weighted by Crippen LogP contribution is -2.48. The Morgan fingerprint density at radius 1 is 1.09 bits per heavy atom. The summed E-state index contributed by atoms with van der Waals surface area (Å²) in [6, 6.07) is 13.3. The molecule has 0 saturated carbocycles. The molecule has 3 aromatic heterocycles. The van der Waals surface area contributed by atoms with Gasteiger partial charge in [-0.15, -0.1) is 11.3 Å². The van der Waals surface area contributed by atoms with Crippen LogP contribution in [0.1, 0.15) is 20.9 Å². The topological polar surface area (TPSA) is 54.3 Å². The van der Waals surface area contributed by atoms with E-state index in [1.165, 1.54) is 11.3 Å². The number of nitrogens with zero attached hydrogens (tertiary/aromatic N) is 5. The third-order valence-corrected chi connectivity index (χ3v) is 7.42. The number of halogens is 2. The van der Waals surface area contributed by atoms with Crippen molar-refractivity contribution in [3.05, 3.63) is 74.8 Å². The number of piperazine rings is 1. The number of benzene rings is 1. The predicted molar refractivity (Wildman–Crippen MR) is 130 cm³/mol. The van der Waals surface area contributed by atoms with Gasteiger partial charge in [0, 0.05) is 47.8 Å². The average molecular weight is 486 g/mol. The Morgan fingerprint density at radius 2 is 1.91 bits per heavy atom. The van der Waals surface area contributed by atoms with Crippen LogP contribution >= 0.6 is 34.5 Å². The molecule has 1 fully saturated rings. The Labute approximate surface area is 200 Å². The van der Waals surface area contributed by atoms with E-state index in [9.17, 15) is 4.79 Å². The molecule has 1 aromatic carbocycles. The summed E-state index contributed by atoms with van der Waals surface area (Å²) < 4.78 is 1.92. The Morgan fingerprint density at radius 3 is 2.62 bits per heavy atom. The summed E-state index contributed by atoms with van der Waals surface area (Å²) in [5, 5.41) is 6.88. The molecule has 1 aliphatic heterocycles. The molecule has 1 saturated heterocycles. The van der Waals surface area contributed by atoms with E-state index in [1.54, 1.807) is 12.3 Å². The van der Waals surface area contributed by atoms with Gasteiger partial charge in [-0.05, 0) is 42.8 Å². The maximum absolute atomic E-state index is 13.2. The van der Waals surface area contributed by atoms with Crippen LogP contribution < -0.4 is 4.90 Å². The van der Waals surface area contributed by atoms with Crippen molar-refractivity contribution in [2.75, 3.05) is 31.1 Å². The Bertz CT molecular complexity index is 1280. The molecule has 164 valence electrons. The van der Waals surface area contributed by atoms with E-state index in [1.807, 2.05) is 52.9 Å². The number of fused-ring (bicyclic) bond motifs is 1. The van der Waals surface area contributed by atoms with Gasteiger partial charge in [0.05, 0.1) is 17.1 Å². The number of anilines is 1. The van der Waals surface area contributed by atoms with Crippen molar-refractivity contribution >= 4 is 56.5 Å². The number of aromatic nitrogens is 3. The zero-order valence-corrected chi connectivity index (χ0v) is 19.8. The highest BCUT2D eigenvalue weighted by molar-refractivity contribution is 7.20. The predicted octanol–water partition coefficient (Wildman–Crippen LogP) is 5.12. The first kappa shape index (κ1) is 21.2. The highest BCUT2D eigenvalue weighted by atomic mass is 35.5. The maximum atomic E-state index is 13.2. The number of carbonyl (C=O) groups excluding carboxylic acids is 1. The molecule has 1 aliphatic rings. The molecular formula is C23H21Cl2N5OS. The van der Waals surface area contributed by atoms with Crippen molar-refractivity contribution in [1.29, 1.82) is 0 Å². The van der Waals surface area contributed by atoms with E-state index >= 15 is 0 Å². The normalized spacial score (nSPS) is 14.3. The van der Waals surface area contributed by atoms with E-state index in [-0.39, 0.29) is 5.91 Å². The number of carbonyl (C=O) groups is 1. The highest BCUT2D eigenvalue weighted by Crippen LogP contribution is 2.31. The van der Waals surface area contributed by atoms with Gasteiger partial charge in [-0.3, -0.25) is 9.48 Å². The van der Waals surface area contributed by atoms with Crippen LogP contribution in [0.4, 0.5) is 5.82 Å². The fourth-order valence-electron chi connectivity index (χ4n) is 3.97. The molecule has 0 N–H and O–H groups in total. The van der Waals surface area contributed by atoms with E-state index in [0.717, 1.165) is 45.3 Å². The lowest BCUT2D eigenvalue weighted by molar-refractivity contribution is 0.0751. The molecule has 4 aromatic rings. The number of hydrogen-bond acceptors (Lipinski definition) is 5.